The molecule has 0 N–H and O–H groups in total. The van der Waals surface area contributed by atoms with E-state index in [0.29, 0.717) is 23.3 Å². The number of furan rings is 1. The SMILES string of the molecule is COc1ccc(OCc2nnc(SCC(=O)N(C)Cc3ccco3)n2-c2ccccc2)cc1. The van der Waals surface area contributed by atoms with E-state index in [1.807, 2.05) is 65.2 Å². The van der Waals surface area contributed by atoms with E-state index >= 15 is 0 Å². The van der Waals surface area contributed by atoms with Crippen molar-refractivity contribution in [1.82, 2.24) is 19.7 Å². The van der Waals surface area contributed by atoms with E-state index in [0.717, 1.165) is 17.2 Å². The number of rotatable bonds is 10. The Hall–Kier alpha value is -3.72. The Morgan fingerprint density at radius 2 is 1.79 bits per heavy atom. The van der Waals surface area contributed by atoms with Crippen LogP contribution in [0.5, 0.6) is 11.5 Å². The minimum absolute atomic E-state index is 0.0324. The summed E-state index contributed by atoms with van der Waals surface area (Å²) in [6, 6.07) is 20.8. The minimum atomic E-state index is -0.0324. The van der Waals surface area contributed by atoms with Gasteiger partial charge < -0.3 is 18.8 Å². The summed E-state index contributed by atoms with van der Waals surface area (Å²) in [6.07, 6.45) is 1.60. The minimum Gasteiger partial charge on any atom is -0.497 e. The summed E-state index contributed by atoms with van der Waals surface area (Å²) in [4.78, 5) is 14.3. The Kier molecular flexibility index (Phi) is 7.31. The van der Waals surface area contributed by atoms with Crippen LogP contribution in [0.2, 0.25) is 0 Å². The van der Waals surface area contributed by atoms with Crippen molar-refractivity contribution in [2.45, 2.75) is 18.3 Å². The van der Waals surface area contributed by atoms with Crippen LogP contribution in [0.1, 0.15) is 11.6 Å². The van der Waals surface area contributed by atoms with E-state index in [1.165, 1.54) is 11.8 Å². The predicted molar refractivity (Wildman–Crippen MR) is 125 cm³/mol. The molecule has 0 saturated carbocycles. The van der Waals surface area contributed by atoms with Crippen LogP contribution in [0.25, 0.3) is 5.69 Å². The number of ether oxygens (including phenoxy) is 2. The lowest BCUT2D eigenvalue weighted by atomic mass is 10.3. The van der Waals surface area contributed by atoms with Gasteiger partial charge in [-0.25, -0.2) is 0 Å². The molecule has 2 aromatic heterocycles. The summed E-state index contributed by atoms with van der Waals surface area (Å²) in [7, 11) is 3.37. The molecule has 4 rings (SSSR count). The molecule has 0 aliphatic heterocycles. The highest BCUT2D eigenvalue weighted by Gasteiger charge is 2.18. The molecule has 0 unspecified atom stereocenters. The first-order valence-corrected chi connectivity index (χ1v) is 11.3. The average molecular weight is 465 g/mol. The third kappa shape index (κ3) is 5.75. The van der Waals surface area contributed by atoms with Crippen LogP contribution < -0.4 is 9.47 Å². The maximum Gasteiger partial charge on any atom is 0.233 e. The smallest absolute Gasteiger partial charge is 0.233 e. The quantitative estimate of drug-likeness (QED) is 0.325. The van der Waals surface area contributed by atoms with Gasteiger partial charge in [-0.3, -0.25) is 9.36 Å². The fourth-order valence-corrected chi connectivity index (χ4v) is 4.02. The van der Waals surface area contributed by atoms with Crippen LogP contribution in [0.4, 0.5) is 0 Å². The highest BCUT2D eigenvalue weighted by Crippen LogP contribution is 2.24. The van der Waals surface area contributed by atoms with E-state index in [1.54, 1.807) is 31.4 Å². The van der Waals surface area contributed by atoms with Crippen molar-refractivity contribution in [1.29, 1.82) is 0 Å². The number of carbonyl (C=O) groups excluding carboxylic acids is 1. The number of thioether (sulfide) groups is 1. The molecule has 0 aliphatic rings. The number of carbonyl (C=O) groups is 1. The van der Waals surface area contributed by atoms with Crippen molar-refractivity contribution >= 4 is 17.7 Å². The van der Waals surface area contributed by atoms with E-state index in [2.05, 4.69) is 10.2 Å². The lowest BCUT2D eigenvalue weighted by Gasteiger charge is -2.15. The van der Waals surface area contributed by atoms with Gasteiger partial charge in [0, 0.05) is 12.7 Å². The van der Waals surface area contributed by atoms with Crippen molar-refractivity contribution in [2.24, 2.45) is 0 Å². The summed E-state index contributed by atoms with van der Waals surface area (Å²) in [5, 5.41) is 9.27. The third-order valence-corrected chi connectivity index (χ3v) is 5.78. The van der Waals surface area contributed by atoms with E-state index in [4.69, 9.17) is 13.9 Å². The van der Waals surface area contributed by atoms with Crippen LogP contribution >= 0.6 is 11.8 Å². The molecule has 2 aromatic carbocycles. The van der Waals surface area contributed by atoms with Crippen LogP contribution in [0, 0.1) is 0 Å². The molecule has 0 atom stereocenters. The Balaban J connectivity index is 1.46. The fraction of sp³-hybridized carbons (Fsp3) is 0.208. The summed E-state index contributed by atoms with van der Waals surface area (Å²) in [6.45, 7) is 0.639. The van der Waals surface area contributed by atoms with Crippen molar-refractivity contribution in [3.05, 3.63) is 84.6 Å². The molecule has 4 aromatic rings. The molecule has 0 radical (unpaired) electrons. The number of para-hydroxylation sites is 1. The molecule has 0 bridgehead atoms. The maximum absolute atomic E-state index is 12.6. The van der Waals surface area contributed by atoms with Crippen LogP contribution in [0.3, 0.4) is 0 Å². The molecular formula is C24H24N4O4S. The molecule has 8 nitrogen and oxygen atoms in total. The lowest BCUT2D eigenvalue weighted by Crippen LogP contribution is -2.27. The zero-order chi connectivity index (χ0) is 23.0. The lowest BCUT2D eigenvalue weighted by molar-refractivity contribution is -0.127. The molecule has 1 amide bonds. The highest BCUT2D eigenvalue weighted by molar-refractivity contribution is 7.99. The van der Waals surface area contributed by atoms with Gasteiger partial charge in [0.25, 0.3) is 0 Å². The van der Waals surface area contributed by atoms with Gasteiger partial charge in [0.15, 0.2) is 11.0 Å². The molecule has 0 saturated heterocycles. The Morgan fingerprint density at radius 3 is 2.48 bits per heavy atom. The Labute approximate surface area is 196 Å². The van der Waals surface area contributed by atoms with Gasteiger partial charge >= 0.3 is 0 Å². The van der Waals surface area contributed by atoms with Crippen molar-refractivity contribution < 1.29 is 18.7 Å². The molecule has 33 heavy (non-hydrogen) atoms. The molecule has 0 spiro atoms. The first-order valence-electron chi connectivity index (χ1n) is 10.3. The number of hydrogen-bond acceptors (Lipinski definition) is 7. The second kappa shape index (κ2) is 10.7. The van der Waals surface area contributed by atoms with Gasteiger partial charge in [-0.15, -0.1) is 10.2 Å². The standard InChI is InChI=1S/C24H24N4O4S/c1-27(15-21-9-6-14-31-21)23(29)17-33-24-26-25-22(28(24)18-7-4-3-5-8-18)16-32-20-12-10-19(30-2)11-13-20/h3-14H,15-17H2,1-2H3. The van der Waals surface area contributed by atoms with Crippen LogP contribution in [-0.4, -0.2) is 45.5 Å². The van der Waals surface area contributed by atoms with Crippen molar-refractivity contribution in [2.75, 3.05) is 19.9 Å². The largest absolute Gasteiger partial charge is 0.497 e. The zero-order valence-corrected chi connectivity index (χ0v) is 19.2. The van der Waals surface area contributed by atoms with Crippen LogP contribution in [-0.2, 0) is 17.9 Å². The normalized spacial score (nSPS) is 10.7. The summed E-state index contributed by atoms with van der Waals surface area (Å²) < 4.78 is 18.3. The molecule has 0 fully saturated rings. The second-order valence-corrected chi connectivity index (χ2v) is 8.09. The summed E-state index contributed by atoms with van der Waals surface area (Å²) >= 11 is 1.33. The Morgan fingerprint density at radius 1 is 1.03 bits per heavy atom. The number of amides is 1. The highest BCUT2D eigenvalue weighted by atomic mass is 32.2. The maximum atomic E-state index is 12.6. The van der Waals surface area contributed by atoms with Gasteiger partial charge in [-0.2, -0.15) is 0 Å². The van der Waals surface area contributed by atoms with E-state index < -0.39 is 0 Å². The third-order valence-electron chi connectivity index (χ3n) is 4.87. The molecule has 9 heteroatoms. The monoisotopic (exact) mass is 464 g/mol. The van der Waals surface area contributed by atoms with Gasteiger partial charge in [0.1, 0.15) is 23.9 Å². The van der Waals surface area contributed by atoms with Crippen molar-refractivity contribution in [3.8, 4) is 17.2 Å². The van der Waals surface area contributed by atoms with E-state index in [-0.39, 0.29) is 18.3 Å². The average Bonchev–Trinajstić information content (AvgIpc) is 3.51. The van der Waals surface area contributed by atoms with Crippen molar-refractivity contribution in [3.63, 3.8) is 0 Å². The number of aromatic nitrogens is 3. The molecule has 170 valence electrons. The molecule has 2 heterocycles. The van der Waals surface area contributed by atoms with Gasteiger partial charge in [-0.1, -0.05) is 30.0 Å². The number of nitrogens with zero attached hydrogens (tertiary/aromatic N) is 4. The van der Waals surface area contributed by atoms with Gasteiger partial charge in [0.05, 0.1) is 25.7 Å². The van der Waals surface area contributed by atoms with Gasteiger partial charge in [-0.05, 0) is 48.5 Å². The van der Waals surface area contributed by atoms with Crippen LogP contribution in [0.15, 0.2) is 82.6 Å². The van der Waals surface area contributed by atoms with Gasteiger partial charge in [0.2, 0.25) is 5.91 Å². The topological polar surface area (TPSA) is 82.6 Å². The first kappa shape index (κ1) is 22.5. The molecule has 0 aliphatic carbocycles. The second-order valence-electron chi connectivity index (χ2n) is 7.15. The number of hydrogen-bond donors (Lipinski definition) is 0. The number of benzene rings is 2. The molecular weight excluding hydrogens is 440 g/mol. The number of methoxy groups -OCH3 is 1. The van der Waals surface area contributed by atoms with E-state index in [9.17, 15) is 4.79 Å². The predicted octanol–water partition coefficient (Wildman–Crippen LogP) is 4.20. The fourth-order valence-electron chi connectivity index (χ4n) is 3.10. The summed E-state index contributed by atoms with van der Waals surface area (Å²) in [5.41, 5.74) is 0.898. The first-order chi connectivity index (χ1) is 16.1. The summed E-state index contributed by atoms with van der Waals surface area (Å²) in [5.74, 6) is 3.02. The Bertz CT molecular complexity index is 1160. The zero-order valence-electron chi connectivity index (χ0n) is 18.4.